The molecule has 1 saturated carbocycles. The second-order valence-electron chi connectivity index (χ2n) is 20.0. The molecule has 1 aliphatic heterocycles. The van der Waals surface area contributed by atoms with E-state index in [1.165, 1.54) is 25.7 Å². The number of methoxy groups -OCH3 is 2. The van der Waals surface area contributed by atoms with Crippen LogP contribution in [0.5, 0.6) is 34.5 Å². The molecule has 420 valence electrons. The number of amides is 1. The molecule has 0 unspecified atom stereocenters. The van der Waals surface area contributed by atoms with Gasteiger partial charge in [0.25, 0.3) is 0 Å². The van der Waals surface area contributed by atoms with Gasteiger partial charge in [-0.15, -0.1) is 0 Å². The van der Waals surface area contributed by atoms with Crippen LogP contribution in [0.3, 0.4) is 0 Å². The molecule has 20 heteroatoms. The van der Waals surface area contributed by atoms with Gasteiger partial charge in [-0.1, -0.05) is 49.2 Å². The van der Waals surface area contributed by atoms with Crippen LogP contribution in [0.25, 0.3) is 22.1 Å². The number of hydrogen-bond donors (Lipinski definition) is 2. The second-order valence-corrected chi connectivity index (χ2v) is 21.0. The molecular weight excluding hydrogens is 1130 g/mol. The van der Waals surface area contributed by atoms with Crippen LogP contribution in [-0.2, 0) is 27.3 Å². The summed E-state index contributed by atoms with van der Waals surface area (Å²) in [6.45, 7) is 11.8. The molecule has 0 bridgehead atoms. The van der Waals surface area contributed by atoms with E-state index in [0.29, 0.717) is 89.8 Å². The Hall–Kier alpha value is -7.98. The lowest BCUT2D eigenvalue weighted by molar-refractivity contribution is 0.0292. The molecule has 1 saturated heterocycles. The molecule has 0 spiro atoms. The summed E-state index contributed by atoms with van der Waals surface area (Å²) < 4.78 is 43.2. The average molecular weight is 1200 g/mol. The van der Waals surface area contributed by atoms with Crippen molar-refractivity contribution >= 4 is 68.5 Å². The number of aromatic nitrogens is 6. The first kappa shape index (κ1) is 58.2. The number of nitrogens with zero attached hydrogens (tertiary/aromatic N) is 7. The molecule has 10 rings (SSSR count). The van der Waals surface area contributed by atoms with E-state index in [-0.39, 0.29) is 24.7 Å². The van der Waals surface area contributed by atoms with Crippen LogP contribution in [0.4, 0.5) is 10.6 Å². The van der Waals surface area contributed by atoms with E-state index in [0.717, 1.165) is 43.8 Å². The highest BCUT2D eigenvalue weighted by Gasteiger charge is 2.31. The number of likely N-dealkylation sites (tertiary alicyclic amines) is 1. The highest BCUT2D eigenvalue weighted by Crippen LogP contribution is 2.37. The quantitative estimate of drug-likeness (QED) is 0.0522. The van der Waals surface area contributed by atoms with Gasteiger partial charge in [-0.2, -0.15) is 10.2 Å². The Labute approximate surface area is 479 Å². The molecule has 4 aromatic heterocycles. The lowest BCUT2D eigenvalue weighted by Gasteiger charge is -2.24. The molecule has 1 amide bonds. The normalized spacial score (nSPS) is 14.1. The lowest BCUT2D eigenvalue weighted by atomic mass is 10.2. The summed E-state index contributed by atoms with van der Waals surface area (Å²) in [6.07, 6.45) is 9.00. The van der Waals surface area contributed by atoms with Gasteiger partial charge in [0.15, 0.2) is 17.1 Å². The number of carbonyl (C=O) groups is 3. The zero-order chi connectivity index (χ0) is 56.8. The van der Waals surface area contributed by atoms with Gasteiger partial charge < -0.3 is 49.1 Å². The number of halogens is 1. The Morgan fingerprint density at radius 1 is 0.662 bits per heavy atom. The molecule has 3 N–H and O–H groups in total. The van der Waals surface area contributed by atoms with Crippen molar-refractivity contribution in [2.24, 2.45) is 5.73 Å². The van der Waals surface area contributed by atoms with E-state index in [9.17, 15) is 14.4 Å². The molecule has 5 heterocycles. The Morgan fingerprint density at radius 3 is 1.64 bits per heavy atom. The number of nitrogens with two attached hydrogens (primary N) is 1. The fourth-order valence-corrected chi connectivity index (χ4v) is 9.74. The standard InChI is InChI=1S/C32H37N5O6.C23H20IN3O4.C5H11N/c1-6-41-30(38)22-8-7-9-25(18-22)42-26-14-16-33-29-27(26)28(35-37(29)19-21-10-12-24(40-5)13-11-21)34-23-15-17-36(20-23)31(39)43-32(2,3)4;1-3-30-23(28)16-5-4-6-18(13-16)31-19-11-12-25-22-20(19)21(24)26-27(22)14-15-7-9-17(29-2)10-8-15;6-5-3-1-2-4-5/h7-14,16,18,23H,6,15,17,19-20H2,1-5H3,(H,34,35);4-13H,3,14H2,1-2H3;5H,1-4,6H2/t23-;;/m1../s1. The fourth-order valence-electron chi connectivity index (χ4n) is 8.97. The summed E-state index contributed by atoms with van der Waals surface area (Å²) in [6, 6.07) is 33.4. The van der Waals surface area contributed by atoms with Crippen molar-refractivity contribution in [1.29, 1.82) is 0 Å². The number of rotatable bonds is 16. The summed E-state index contributed by atoms with van der Waals surface area (Å²) >= 11 is 2.18. The van der Waals surface area contributed by atoms with Gasteiger partial charge >= 0.3 is 18.0 Å². The zero-order valence-corrected chi connectivity index (χ0v) is 48.3. The van der Waals surface area contributed by atoms with Gasteiger partial charge in [-0.3, -0.25) is 0 Å². The SMILES string of the molecule is CCOC(=O)c1cccc(Oc2ccnc3c2c(I)nn3Cc2ccc(OC)cc2)c1.CCOC(=O)c1cccc(Oc2ccnc3c2c(N[C@@H]2CCN(C(=O)OC(C)(C)C)C2)nn3Cc2ccc(OC)cc2)c1.NC1CCCC1. The largest absolute Gasteiger partial charge is 0.497 e. The molecule has 2 fully saturated rings. The first-order valence-electron chi connectivity index (χ1n) is 26.6. The number of nitrogens with one attached hydrogen (secondary N) is 1. The summed E-state index contributed by atoms with van der Waals surface area (Å²) in [5, 5.41) is 14.6. The van der Waals surface area contributed by atoms with Gasteiger partial charge in [0, 0.05) is 49.7 Å². The van der Waals surface area contributed by atoms with Crippen molar-refractivity contribution in [3.8, 4) is 34.5 Å². The summed E-state index contributed by atoms with van der Waals surface area (Å²) in [7, 11) is 3.28. The minimum atomic E-state index is -0.568. The number of ether oxygens (including phenoxy) is 7. The Balaban J connectivity index is 0.000000198. The number of hydrogen-bond acceptors (Lipinski definition) is 16. The summed E-state index contributed by atoms with van der Waals surface area (Å²) in [4.78, 5) is 47.9. The predicted molar refractivity (Wildman–Crippen MR) is 313 cm³/mol. The van der Waals surface area contributed by atoms with Crippen LogP contribution < -0.4 is 30.0 Å². The van der Waals surface area contributed by atoms with Crippen LogP contribution in [0.15, 0.2) is 122 Å². The first-order chi connectivity index (χ1) is 38.6. The Morgan fingerprint density at radius 2 is 1.16 bits per heavy atom. The number of fused-ring (bicyclic) bond motifs is 2. The molecule has 80 heavy (non-hydrogen) atoms. The monoisotopic (exact) mass is 1200 g/mol. The molecule has 8 aromatic rings. The smallest absolute Gasteiger partial charge is 0.410 e. The van der Waals surface area contributed by atoms with Crippen LogP contribution >= 0.6 is 22.6 Å². The molecule has 0 radical (unpaired) electrons. The minimum Gasteiger partial charge on any atom is -0.497 e. The first-order valence-corrected chi connectivity index (χ1v) is 27.7. The summed E-state index contributed by atoms with van der Waals surface area (Å²) in [5.74, 6) is 3.53. The van der Waals surface area contributed by atoms with Crippen molar-refractivity contribution in [2.75, 3.05) is 45.8 Å². The van der Waals surface area contributed by atoms with Gasteiger partial charge in [0.05, 0.1) is 57.0 Å². The van der Waals surface area contributed by atoms with E-state index < -0.39 is 11.6 Å². The van der Waals surface area contributed by atoms with Gasteiger partial charge in [-0.25, -0.2) is 33.7 Å². The van der Waals surface area contributed by atoms with Gasteiger partial charge in [0.1, 0.15) is 49.2 Å². The van der Waals surface area contributed by atoms with Crippen LogP contribution in [0.2, 0.25) is 0 Å². The van der Waals surface area contributed by atoms with Crippen LogP contribution in [0, 0.1) is 3.70 Å². The van der Waals surface area contributed by atoms with Crippen LogP contribution in [-0.4, -0.2) is 111 Å². The molecule has 19 nitrogen and oxygen atoms in total. The van der Waals surface area contributed by atoms with E-state index in [1.807, 2.05) is 78.7 Å². The molecule has 1 aliphatic carbocycles. The second kappa shape index (κ2) is 27.3. The minimum absolute atomic E-state index is 0.0553. The third-order valence-corrected chi connectivity index (χ3v) is 13.6. The molecule has 1 atom stereocenters. The van der Waals surface area contributed by atoms with Crippen molar-refractivity contribution in [3.63, 3.8) is 0 Å². The predicted octanol–water partition coefficient (Wildman–Crippen LogP) is 11.8. The topological polar surface area (TPSA) is 219 Å². The Kier molecular flexibility index (Phi) is 19.8. The van der Waals surface area contributed by atoms with Crippen molar-refractivity contribution in [3.05, 3.63) is 148 Å². The van der Waals surface area contributed by atoms with E-state index in [1.54, 1.807) is 106 Å². The van der Waals surface area contributed by atoms with Gasteiger partial charge in [0.2, 0.25) is 0 Å². The summed E-state index contributed by atoms with van der Waals surface area (Å²) in [5.41, 5.74) is 9.24. The number of esters is 2. The highest BCUT2D eigenvalue weighted by molar-refractivity contribution is 14.1. The van der Waals surface area contributed by atoms with Crippen molar-refractivity contribution in [1.82, 2.24) is 34.4 Å². The van der Waals surface area contributed by atoms with E-state index in [4.69, 9.17) is 44.0 Å². The number of pyridine rings is 2. The third kappa shape index (κ3) is 15.4. The number of anilines is 1. The number of benzene rings is 4. The highest BCUT2D eigenvalue weighted by atomic mass is 127. The average Bonchev–Trinajstić information content (AvgIpc) is 4.28. The molecule has 2 aliphatic rings. The molecular formula is C60H68IN9O10. The van der Waals surface area contributed by atoms with Gasteiger partial charge in [-0.05, 0) is 148 Å². The third-order valence-electron chi connectivity index (χ3n) is 12.9. The maximum absolute atomic E-state index is 12.7. The van der Waals surface area contributed by atoms with E-state index in [2.05, 4.69) is 43.0 Å². The van der Waals surface area contributed by atoms with Crippen LogP contribution in [0.1, 0.15) is 98.6 Å². The number of carbonyl (C=O) groups excluding carboxylic acids is 3. The van der Waals surface area contributed by atoms with Crippen molar-refractivity contribution < 1.29 is 47.5 Å². The zero-order valence-electron chi connectivity index (χ0n) is 46.1. The fraction of sp³-hybridized carbons (Fsp3) is 0.350. The lowest BCUT2D eigenvalue weighted by Crippen LogP contribution is -2.36. The van der Waals surface area contributed by atoms with E-state index >= 15 is 0 Å². The molecule has 4 aromatic carbocycles. The Bertz CT molecular complexity index is 3370. The maximum Gasteiger partial charge on any atom is 0.410 e. The van der Waals surface area contributed by atoms with Crippen molar-refractivity contribution in [2.45, 2.75) is 97.5 Å². The maximum atomic E-state index is 12.7.